The topological polar surface area (TPSA) is 86.9 Å². The molecule has 1 aliphatic heterocycles. The predicted molar refractivity (Wildman–Crippen MR) is 136 cm³/mol. The van der Waals surface area contributed by atoms with Crippen LogP contribution in [-0.2, 0) is 11.2 Å². The Labute approximate surface area is 212 Å². The number of likely N-dealkylation sites (tertiary alicyclic amines) is 1. The van der Waals surface area contributed by atoms with E-state index in [1.54, 1.807) is 0 Å². The fourth-order valence-electron chi connectivity index (χ4n) is 4.15. The number of nitrogens with zero attached hydrogens (tertiary/aromatic N) is 3. The van der Waals surface area contributed by atoms with Crippen LogP contribution in [0, 0.1) is 5.92 Å². The number of ether oxygens (including phenoxy) is 3. The van der Waals surface area contributed by atoms with E-state index in [-0.39, 0.29) is 11.8 Å². The second-order valence-electron chi connectivity index (χ2n) is 9.32. The van der Waals surface area contributed by atoms with Gasteiger partial charge in [-0.05, 0) is 68.1 Å². The molecular formula is C28H35N3O5. The number of benzene rings is 2. The lowest BCUT2D eigenvalue weighted by molar-refractivity contribution is -0.127. The lowest BCUT2D eigenvalue weighted by Gasteiger charge is -2.17. The van der Waals surface area contributed by atoms with E-state index in [0.29, 0.717) is 57.0 Å². The van der Waals surface area contributed by atoms with Gasteiger partial charge in [0.1, 0.15) is 5.75 Å². The van der Waals surface area contributed by atoms with E-state index in [1.165, 1.54) is 0 Å². The number of carbonyl (C=O) groups is 1. The smallest absolute Gasteiger partial charge is 0.232 e. The summed E-state index contributed by atoms with van der Waals surface area (Å²) in [5.41, 5.74) is 1.95. The minimum Gasteiger partial charge on any atom is -0.493 e. The van der Waals surface area contributed by atoms with E-state index in [9.17, 15) is 4.79 Å². The van der Waals surface area contributed by atoms with Crippen LogP contribution in [0.3, 0.4) is 0 Å². The number of amides is 1. The summed E-state index contributed by atoms with van der Waals surface area (Å²) in [4.78, 5) is 19.1. The third kappa shape index (κ3) is 6.36. The average molecular weight is 494 g/mol. The van der Waals surface area contributed by atoms with Crippen LogP contribution in [0.4, 0.5) is 0 Å². The third-order valence-corrected chi connectivity index (χ3v) is 5.98. The molecule has 36 heavy (non-hydrogen) atoms. The van der Waals surface area contributed by atoms with Gasteiger partial charge in [0.25, 0.3) is 0 Å². The van der Waals surface area contributed by atoms with Crippen LogP contribution in [0.5, 0.6) is 17.2 Å². The van der Waals surface area contributed by atoms with Crippen molar-refractivity contribution in [1.29, 1.82) is 0 Å². The fraction of sp³-hybridized carbons (Fsp3) is 0.464. The van der Waals surface area contributed by atoms with E-state index in [1.807, 2.05) is 61.2 Å². The highest BCUT2D eigenvalue weighted by atomic mass is 16.5. The highest BCUT2D eigenvalue weighted by molar-refractivity contribution is 5.79. The first kappa shape index (κ1) is 25.5. The Morgan fingerprint density at radius 3 is 2.50 bits per heavy atom. The maximum absolute atomic E-state index is 12.7. The SMILES string of the molecule is CCOc1ccc(CCN2CC(c3nc(-c4ccc(OCC(C)C)cc4)no3)CC2=O)cc1OCC. The quantitative estimate of drug-likeness (QED) is 0.346. The molecule has 0 spiro atoms. The molecule has 1 atom stereocenters. The van der Waals surface area contributed by atoms with Crippen molar-refractivity contribution in [3.05, 3.63) is 53.9 Å². The summed E-state index contributed by atoms with van der Waals surface area (Å²) in [6, 6.07) is 13.6. The molecule has 3 aromatic rings. The van der Waals surface area contributed by atoms with Gasteiger partial charge in [-0.15, -0.1) is 0 Å². The van der Waals surface area contributed by atoms with Crippen LogP contribution in [0.25, 0.3) is 11.4 Å². The first-order chi connectivity index (χ1) is 17.5. The lowest BCUT2D eigenvalue weighted by atomic mass is 10.1. The largest absolute Gasteiger partial charge is 0.493 e. The zero-order chi connectivity index (χ0) is 25.5. The van der Waals surface area contributed by atoms with E-state index in [0.717, 1.165) is 34.8 Å². The molecule has 2 aromatic carbocycles. The van der Waals surface area contributed by atoms with Gasteiger partial charge in [-0.25, -0.2) is 0 Å². The maximum Gasteiger partial charge on any atom is 0.232 e. The first-order valence-electron chi connectivity index (χ1n) is 12.7. The molecule has 4 rings (SSSR count). The molecule has 8 heteroatoms. The number of hydrogen-bond acceptors (Lipinski definition) is 7. The van der Waals surface area contributed by atoms with Crippen molar-refractivity contribution in [2.75, 3.05) is 32.9 Å². The summed E-state index contributed by atoms with van der Waals surface area (Å²) >= 11 is 0. The van der Waals surface area contributed by atoms with Gasteiger partial charge in [0, 0.05) is 25.1 Å². The Morgan fingerprint density at radius 2 is 1.78 bits per heavy atom. The molecule has 0 bridgehead atoms. The normalized spacial score (nSPS) is 15.5. The Bertz CT molecular complexity index is 1140. The molecule has 8 nitrogen and oxygen atoms in total. The van der Waals surface area contributed by atoms with Gasteiger partial charge in [-0.1, -0.05) is 25.1 Å². The van der Waals surface area contributed by atoms with Crippen molar-refractivity contribution in [2.24, 2.45) is 5.92 Å². The molecule has 1 saturated heterocycles. The molecule has 1 aliphatic rings. The van der Waals surface area contributed by atoms with Gasteiger partial charge in [0.2, 0.25) is 17.6 Å². The Hall–Kier alpha value is -3.55. The van der Waals surface area contributed by atoms with Gasteiger partial charge < -0.3 is 23.6 Å². The second kappa shape index (κ2) is 11.9. The van der Waals surface area contributed by atoms with Gasteiger partial charge in [-0.3, -0.25) is 4.79 Å². The molecule has 1 unspecified atom stereocenters. The van der Waals surface area contributed by atoms with E-state index < -0.39 is 0 Å². The van der Waals surface area contributed by atoms with Crippen molar-refractivity contribution in [3.8, 4) is 28.6 Å². The molecule has 1 aromatic heterocycles. The Balaban J connectivity index is 1.35. The first-order valence-corrected chi connectivity index (χ1v) is 12.7. The maximum atomic E-state index is 12.7. The molecule has 1 amide bonds. The summed E-state index contributed by atoms with van der Waals surface area (Å²) in [5, 5.41) is 4.15. The van der Waals surface area contributed by atoms with Crippen LogP contribution in [-0.4, -0.2) is 53.9 Å². The summed E-state index contributed by atoms with van der Waals surface area (Å²) in [7, 11) is 0. The van der Waals surface area contributed by atoms with Crippen molar-refractivity contribution in [1.82, 2.24) is 15.0 Å². The minimum absolute atomic E-state index is 0.0994. The van der Waals surface area contributed by atoms with Gasteiger partial charge in [-0.2, -0.15) is 4.98 Å². The summed E-state index contributed by atoms with van der Waals surface area (Å²) in [5.74, 6) is 3.77. The molecule has 1 fully saturated rings. The van der Waals surface area contributed by atoms with Gasteiger partial charge in [0.15, 0.2) is 11.5 Å². The monoisotopic (exact) mass is 493 g/mol. The highest BCUT2D eigenvalue weighted by Gasteiger charge is 2.34. The standard InChI is InChI=1S/C28H35N3O5/c1-5-33-24-12-7-20(15-25(24)34-6-2)13-14-31-17-22(16-26(31)32)28-29-27(30-36-28)21-8-10-23(11-9-21)35-18-19(3)4/h7-12,15,19,22H,5-6,13-14,16-18H2,1-4H3. The van der Waals surface area contributed by atoms with Crippen LogP contribution in [0.1, 0.15) is 51.5 Å². The summed E-state index contributed by atoms with van der Waals surface area (Å²) < 4.78 is 22.7. The molecule has 0 aliphatic carbocycles. The molecule has 0 N–H and O–H groups in total. The molecule has 0 radical (unpaired) electrons. The van der Waals surface area contributed by atoms with E-state index >= 15 is 0 Å². The number of hydrogen-bond donors (Lipinski definition) is 0. The summed E-state index contributed by atoms with van der Waals surface area (Å²) in [6.45, 7) is 11.1. The van der Waals surface area contributed by atoms with Crippen molar-refractivity contribution in [2.45, 2.75) is 46.5 Å². The molecule has 0 saturated carbocycles. The number of carbonyl (C=O) groups excluding carboxylic acids is 1. The number of aromatic nitrogens is 2. The molecular weight excluding hydrogens is 458 g/mol. The summed E-state index contributed by atoms with van der Waals surface area (Å²) in [6.07, 6.45) is 1.10. The number of rotatable bonds is 12. The molecule has 2 heterocycles. The molecule has 192 valence electrons. The Morgan fingerprint density at radius 1 is 1.03 bits per heavy atom. The van der Waals surface area contributed by atoms with E-state index in [2.05, 4.69) is 24.0 Å². The lowest BCUT2D eigenvalue weighted by Crippen LogP contribution is -2.27. The average Bonchev–Trinajstić information content (AvgIpc) is 3.50. The second-order valence-corrected chi connectivity index (χ2v) is 9.32. The Kier molecular flexibility index (Phi) is 8.46. The fourth-order valence-corrected chi connectivity index (χ4v) is 4.15. The minimum atomic E-state index is -0.105. The van der Waals surface area contributed by atoms with Crippen LogP contribution >= 0.6 is 0 Å². The highest BCUT2D eigenvalue weighted by Crippen LogP contribution is 2.31. The van der Waals surface area contributed by atoms with Crippen LogP contribution < -0.4 is 14.2 Å². The zero-order valence-electron chi connectivity index (χ0n) is 21.5. The zero-order valence-corrected chi connectivity index (χ0v) is 21.5. The van der Waals surface area contributed by atoms with Gasteiger partial charge in [0.05, 0.1) is 25.7 Å². The van der Waals surface area contributed by atoms with Crippen molar-refractivity contribution < 1.29 is 23.5 Å². The predicted octanol–water partition coefficient (Wildman–Crippen LogP) is 5.13. The van der Waals surface area contributed by atoms with Crippen molar-refractivity contribution >= 4 is 5.91 Å². The van der Waals surface area contributed by atoms with Crippen LogP contribution in [0.2, 0.25) is 0 Å². The third-order valence-electron chi connectivity index (χ3n) is 5.98. The van der Waals surface area contributed by atoms with Crippen molar-refractivity contribution in [3.63, 3.8) is 0 Å². The van der Waals surface area contributed by atoms with Gasteiger partial charge >= 0.3 is 0 Å². The van der Waals surface area contributed by atoms with Crippen LogP contribution in [0.15, 0.2) is 47.0 Å². The van der Waals surface area contributed by atoms with E-state index in [4.69, 9.17) is 18.7 Å².